The third-order valence-electron chi connectivity index (χ3n) is 1.59. The molecule has 0 aliphatic carbocycles. The smallest absolute Gasteiger partial charge is 0.373 e. The molecule has 1 saturated heterocycles. The number of hydrogen-bond acceptors (Lipinski definition) is 2. The fourth-order valence-corrected chi connectivity index (χ4v) is 0.877. The second-order valence-corrected chi connectivity index (χ2v) is 2.93. The van der Waals surface area contributed by atoms with Gasteiger partial charge in [0.25, 0.3) is 0 Å². The van der Waals surface area contributed by atoms with Crippen LogP contribution in [0.2, 0.25) is 0 Å². The Bertz CT molecular complexity index is 231. The van der Waals surface area contributed by atoms with Gasteiger partial charge in [0.05, 0.1) is 12.7 Å². The molecule has 1 rings (SSSR count). The Morgan fingerprint density at radius 1 is 1.07 bits per heavy atom. The Balaban J connectivity index is 2.75. The van der Waals surface area contributed by atoms with Crippen LogP contribution >= 0.6 is 0 Å². The van der Waals surface area contributed by atoms with E-state index in [0.29, 0.717) is 0 Å². The summed E-state index contributed by atoms with van der Waals surface area (Å²) in [6.07, 6.45) is -14.2. The van der Waals surface area contributed by atoms with Crippen molar-refractivity contribution < 1.29 is 40.2 Å². The van der Waals surface area contributed by atoms with Gasteiger partial charge in [-0.3, -0.25) is 0 Å². The predicted octanol–water partition coefficient (Wildman–Crippen LogP) is 2.54. The molecule has 0 aromatic heterocycles. The molecular weight excluding hydrogens is 237 g/mol. The highest BCUT2D eigenvalue weighted by atomic mass is 19.4. The van der Waals surface area contributed by atoms with Crippen molar-refractivity contribution in [2.75, 3.05) is 6.61 Å². The average molecular weight is 242 g/mol. The van der Waals surface area contributed by atoms with E-state index in [2.05, 4.69) is 9.47 Å². The Morgan fingerprint density at radius 2 is 1.53 bits per heavy atom. The fourth-order valence-electron chi connectivity index (χ4n) is 0.877. The van der Waals surface area contributed by atoms with Crippen molar-refractivity contribution >= 4 is 0 Å². The minimum absolute atomic E-state index is 0.205. The van der Waals surface area contributed by atoms with Gasteiger partial charge in [-0.2, -0.15) is 13.2 Å². The van der Waals surface area contributed by atoms with Crippen LogP contribution in [0.4, 0.5) is 30.7 Å². The molecule has 1 aliphatic rings. The summed E-state index contributed by atoms with van der Waals surface area (Å²) in [6.45, 7) is -0.205. The number of ether oxygens (including phenoxy) is 2. The van der Waals surface area contributed by atoms with Crippen LogP contribution in [0, 0.1) is 0 Å². The molecule has 2 nitrogen and oxygen atoms in total. The second kappa shape index (κ2) is 3.48. The van der Waals surface area contributed by atoms with Crippen molar-refractivity contribution in [2.45, 2.75) is 30.9 Å². The first-order chi connectivity index (χ1) is 6.54. The van der Waals surface area contributed by atoms with Crippen LogP contribution in [-0.2, 0) is 9.47 Å². The molecule has 1 heterocycles. The number of alkyl halides is 7. The van der Waals surface area contributed by atoms with Gasteiger partial charge >= 0.3 is 18.4 Å². The van der Waals surface area contributed by atoms with Gasteiger partial charge in [0, 0.05) is 6.42 Å². The highest BCUT2D eigenvalue weighted by Gasteiger charge is 2.64. The first kappa shape index (κ1) is 12.5. The van der Waals surface area contributed by atoms with E-state index in [1.165, 1.54) is 0 Å². The maximum Gasteiger partial charge on any atom is 0.525 e. The second-order valence-electron chi connectivity index (χ2n) is 2.93. The van der Waals surface area contributed by atoms with Crippen LogP contribution in [0.15, 0.2) is 0 Å². The summed E-state index contributed by atoms with van der Waals surface area (Å²) < 4.78 is 90.2. The SMILES string of the molecule is FC(F)(F)O[C@](F)(C[C@H]1CO1)C(F)(F)F. The number of hydrogen-bond donors (Lipinski definition) is 0. The maximum absolute atomic E-state index is 12.9. The lowest BCUT2D eigenvalue weighted by atomic mass is 10.1. The molecule has 1 fully saturated rings. The summed E-state index contributed by atoms with van der Waals surface area (Å²) in [5, 5.41) is 0. The molecule has 0 aromatic carbocycles. The molecule has 9 heteroatoms. The van der Waals surface area contributed by atoms with Gasteiger partial charge < -0.3 is 4.74 Å². The molecule has 0 radical (unpaired) electrons. The third kappa shape index (κ3) is 3.49. The molecule has 0 saturated carbocycles. The zero-order valence-corrected chi connectivity index (χ0v) is 6.95. The van der Waals surface area contributed by atoms with Crippen molar-refractivity contribution in [3.63, 3.8) is 0 Å². The summed E-state index contributed by atoms with van der Waals surface area (Å²) >= 11 is 0. The zero-order chi connectivity index (χ0) is 11.9. The Kier molecular flexibility index (Phi) is 2.90. The Labute approximate surface area is 78.9 Å². The molecule has 0 spiro atoms. The van der Waals surface area contributed by atoms with Crippen LogP contribution in [0.3, 0.4) is 0 Å². The summed E-state index contributed by atoms with van der Waals surface area (Å²) in [4.78, 5) is 0. The lowest BCUT2D eigenvalue weighted by Gasteiger charge is -2.27. The summed E-state index contributed by atoms with van der Waals surface area (Å²) in [5.41, 5.74) is 0. The molecule has 0 amide bonds. The van der Waals surface area contributed by atoms with E-state index in [1.54, 1.807) is 0 Å². The van der Waals surface area contributed by atoms with Crippen LogP contribution in [-0.4, -0.2) is 31.1 Å². The molecule has 0 N–H and O–H groups in total. The van der Waals surface area contributed by atoms with E-state index in [1.807, 2.05) is 0 Å². The van der Waals surface area contributed by atoms with Crippen LogP contribution < -0.4 is 0 Å². The third-order valence-corrected chi connectivity index (χ3v) is 1.59. The van der Waals surface area contributed by atoms with Gasteiger partial charge in [-0.25, -0.2) is 9.13 Å². The molecule has 15 heavy (non-hydrogen) atoms. The fraction of sp³-hybridized carbons (Fsp3) is 1.00. The molecular formula is C6H5F7O2. The highest BCUT2D eigenvalue weighted by molar-refractivity contribution is 4.85. The molecule has 2 atom stereocenters. The zero-order valence-electron chi connectivity index (χ0n) is 6.95. The Hall–Kier alpha value is -0.570. The van der Waals surface area contributed by atoms with E-state index in [9.17, 15) is 30.7 Å². The van der Waals surface area contributed by atoms with Crippen LogP contribution in [0.25, 0.3) is 0 Å². The molecule has 1 aliphatic heterocycles. The topological polar surface area (TPSA) is 21.8 Å². The van der Waals surface area contributed by atoms with Gasteiger partial charge in [-0.05, 0) is 0 Å². The number of epoxide rings is 1. The lowest BCUT2D eigenvalue weighted by Crippen LogP contribution is -2.48. The van der Waals surface area contributed by atoms with Crippen molar-refractivity contribution in [3.05, 3.63) is 0 Å². The lowest BCUT2D eigenvalue weighted by molar-refractivity contribution is -0.449. The quantitative estimate of drug-likeness (QED) is 0.560. The van der Waals surface area contributed by atoms with Crippen molar-refractivity contribution in [1.82, 2.24) is 0 Å². The summed E-state index contributed by atoms with van der Waals surface area (Å²) in [6, 6.07) is 0. The molecule has 0 aromatic rings. The number of rotatable bonds is 3. The monoisotopic (exact) mass is 242 g/mol. The van der Waals surface area contributed by atoms with Gasteiger partial charge in [-0.15, -0.1) is 13.2 Å². The van der Waals surface area contributed by atoms with Crippen molar-refractivity contribution in [2.24, 2.45) is 0 Å². The minimum Gasteiger partial charge on any atom is -0.373 e. The van der Waals surface area contributed by atoms with Gasteiger partial charge in [0.1, 0.15) is 0 Å². The van der Waals surface area contributed by atoms with Crippen LogP contribution in [0.1, 0.15) is 6.42 Å². The predicted molar refractivity (Wildman–Crippen MR) is 31.4 cm³/mol. The molecule has 0 unspecified atom stereocenters. The largest absolute Gasteiger partial charge is 0.525 e. The summed E-state index contributed by atoms with van der Waals surface area (Å²) in [5.74, 6) is -4.74. The van der Waals surface area contributed by atoms with Gasteiger partial charge in [0.15, 0.2) is 0 Å². The number of halogens is 7. The normalized spacial score (nSPS) is 26.2. The summed E-state index contributed by atoms with van der Waals surface area (Å²) in [7, 11) is 0. The molecule has 90 valence electrons. The maximum atomic E-state index is 12.9. The van der Waals surface area contributed by atoms with Gasteiger partial charge in [-0.1, -0.05) is 0 Å². The van der Waals surface area contributed by atoms with Crippen molar-refractivity contribution in [1.29, 1.82) is 0 Å². The first-order valence-corrected chi connectivity index (χ1v) is 3.68. The van der Waals surface area contributed by atoms with E-state index in [0.717, 1.165) is 0 Å². The van der Waals surface area contributed by atoms with Crippen LogP contribution in [0.5, 0.6) is 0 Å². The minimum atomic E-state index is -5.76. The van der Waals surface area contributed by atoms with E-state index < -0.39 is 30.9 Å². The molecule has 0 bridgehead atoms. The van der Waals surface area contributed by atoms with E-state index >= 15 is 0 Å². The van der Waals surface area contributed by atoms with E-state index in [4.69, 9.17) is 0 Å². The van der Waals surface area contributed by atoms with E-state index in [-0.39, 0.29) is 6.61 Å². The highest BCUT2D eigenvalue weighted by Crippen LogP contribution is 2.44. The average Bonchev–Trinajstić information content (AvgIpc) is 2.63. The standard InChI is InChI=1S/C6H5F7O2/c7-4(5(8,9)10,1-3-2-14-3)15-6(11,12)13/h3H,1-2H2/t3-,4+/m0/s1. The van der Waals surface area contributed by atoms with Crippen molar-refractivity contribution in [3.8, 4) is 0 Å². The Morgan fingerprint density at radius 3 is 1.80 bits per heavy atom. The van der Waals surface area contributed by atoms with Gasteiger partial charge in [0.2, 0.25) is 0 Å². The first-order valence-electron chi connectivity index (χ1n) is 3.68.